The maximum atomic E-state index is 16.1. The lowest BCUT2D eigenvalue weighted by Crippen LogP contribution is -2.62. The molecule has 1 heterocycles. The molecule has 5 aliphatic carbocycles. The van der Waals surface area contributed by atoms with Gasteiger partial charge in [0, 0.05) is 34.8 Å². The van der Waals surface area contributed by atoms with E-state index in [2.05, 4.69) is 38.8 Å². The minimum Gasteiger partial charge on any atom is -0.481 e. The first-order valence-corrected chi connectivity index (χ1v) is 23.2. The summed E-state index contributed by atoms with van der Waals surface area (Å²) in [7, 11) is 0. The van der Waals surface area contributed by atoms with Gasteiger partial charge in [-0.15, -0.1) is 0 Å². The zero-order valence-electron chi connectivity index (χ0n) is 34.3. The number of carboxylic acids is 1. The van der Waals surface area contributed by atoms with Crippen molar-refractivity contribution >= 4 is 62.3 Å². The van der Waals surface area contributed by atoms with Gasteiger partial charge in [0.15, 0.2) is 17.7 Å². The molecule has 1 aliphatic heterocycles. The summed E-state index contributed by atoms with van der Waals surface area (Å²) < 4.78 is 43.2. The summed E-state index contributed by atoms with van der Waals surface area (Å²) >= 11 is 3.50. The van der Waals surface area contributed by atoms with Gasteiger partial charge in [-0.2, -0.15) is 0 Å². The lowest BCUT2D eigenvalue weighted by Gasteiger charge is -2.59. The molecule has 0 spiro atoms. The van der Waals surface area contributed by atoms with Gasteiger partial charge in [0.1, 0.15) is 17.9 Å². The quantitative estimate of drug-likeness (QED) is 0.155. The summed E-state index contributed by atoms with van der Waals surface area (Å²) in [6.45, 7) is 3.64. The molecule has 332 valence electrons. The van der Waals surface area contributed by atoms with Crippen LogP contribution in [0.15, 0.2) is 42.0 Å². The fraction of sp³-hybridized carbons (Fsp3) is 0.636. The Morgan fingerprint density at radius 3 is 2.52 bits per heavy atom. The molecule has 6 aliphatic rings. The molecule has 0 unspecified atom stereocenters. The number of carbonyl (C=O) groups excluding carboxylic acids is 5. The summed E-state index contributed by atoms with van der Waals surface area (Å²) in [5, 5.41) is 28.4. The zero-order chi connectivity index (χ0) is 43.9. The molecule has 10 atom stereocenters. The van der Waals surface area contributed by atoms with Crippen molar-refractivity contribution < 1.29 is 57.2 Å². The van der Waals surface area contributed by atoms with E-state index in [0.29, 0.717) is 50.3 Å². The van der Waals surface area contributed by atoms with Gasteiger partial charge in [-0.05, 0) is 106 Å². The summed E-state index contributed by atoms with van der Waals surface area (Å²) in [5.74, 6) is -3.41. The number of ether oxygens (including phenoxy) is 2. The number of aliphatic carboxylic acids is 1. The smallest absolute Gasteiger partial charge is 0.303 e. The van der Waals surface area contributed by atoms with Gasteiger partial charge in [-0.3, -0.25) is 28.8 Å². The average molecular weight is 935 g/mol. The minimum absolute atomic E-state index is 0.00210. The number of alkyl halides is 2. The molecule has 4 saturated carbocycles. The van der Waals surface area contributed by atoms with Crippen molar-refractivity contribution in [2.24, 2.45) is 34.5 Å². The van der Waals surface area contributed by atoms with E-state index in [4.69, 9.17) is 14.6 Å². The van der Waals surface area contributed by atoms with Crippen LogP contribution in [0.4, 0.5) is 8.78 Å². The number of halogens is 3. The number of aliphatic hydroxyl groups excluding tert-OH is 1. The van der Waals surface area contributed by atoms with E-state index in [1.165, 1.54) is 6.07 Å². The molecule has 61 heavy (non-hydrogen) atoms. The molecule has 7 rings (SSSR count). The highest BCUT2D eigenvalue weighted by atomic mass is 79.9. The highest BCUT2D eigenvalue weighted by molar-refractivity contribution is 9.09. The van der Waals surface area contributed by atoms with Crippen molar-refractivity contribution in [1.82, 2.24) is 16.0 Å². The average Bonchev–Trinajstić information content (AvgIpc) is 3.72. The summed E-state index contributed by atoms with van der Waals surface area (Å²) in [5.41, 5.74) is -1.20. The first-order valence-electron chi connectivity index (χ1n) is 21.1. The number of amides is 3. The highest BCUT2D eigenvalue weighted by Gasteiger charge is 2.76. The standard InChI is InChI=1S/C44H54BrF2N3O10S/c1-42-14-13-27(51)17-25(42)6-10-28-30-18-34-44(41(58)61-22-46,43(30,2)19-33(52)38(28)42)60-40(59-34)29-9-5-24(16-31(29)47)15-23-3-7-26(8-4-23)49-39(57)32(11-12-37(55)56)50-36(54)21-48-35(53)20-45/h5,9,13-14,16-17,23,26,28,30,32-34,38,40,52H,3-4,6-8,10-12,15,18-22H2,1-2H3,(H,48,53)(H,49,57)(H,50,54)(H,55,56)/t23?,26?,28-,30-,32-,33-,34+,38+,40+,42-,43-,44-/m0/s1. The van der Waals surface area contributed by atoms with Crippen LogP contribution in [0.2, 0.25) is 0 Å². The molecule has 1 aromatic rings. The van der Waals surface area contributed by atoms with Crippen LogP contribution in [-0.2, 0) is 44.7 Å². The number of ketones is 1. The Bertz CT molecular complexity index is 2000. The number of benzene rings is 1. The first-order chi connectivity index (χ1) is 29.0. The summed E-state index contributed by atoms with van der Waals surface area (Å²) in [4.78, 5) is 74.6. The zero-order valence-corrected chi connectivity index (χ0v) is 36.7. The fourth-order valence-corrected chi connectivity index (χ4v) is 12.7. The van der Waals surface area contributed by atoms with Crippen LogP contribution in [0.5, 0.6) is 0 Å². The predicted molar refractivity (Wildman–Crippen MR) is 223 cm³/mol. The van der Waals surface area contributed by atoms with E-state index < -0.39 is 81.6 Å². The van der Waals surface area contributed by atoms with Crippen LogP contribution in [0.1, 0.15) is 95.5 Å². The molecular weight excluding hydrogens is 880 g/mol. The van der Waals surface area contributed by atoms with E-state index in [1.807, 2.05) is 19.1 Å². The number of nitrogens with one attached hydrogen (secondary N) is 3. The van der Waals surface area contributed by atoms with E-state index >= 15 is 4.39 Å². The van der Waals surface area contributed by atoms with Gasteiger partial charge in [0.25, 0.3) is 0 Å². The third-order valence-corrected chi connectivity index (χ3v) is 15.8. The monoisotopic (exact) mass is 933 g/mol. The Hall–Kier alpha value is -3.51. The second-order valence-electron chi connectivity index (χ2n) is 18.0. The number of allylic oxidation sites excluding steroid dienone is 4. The van der Waals surface area contributed by atoms with Crippen molar-refractivity contribution in [3.8, 4) is 0 Å². The second kappa shape index (κ2) is 18.3. The number of thioether (sulfide) groups is 1. The minimum atomic E-state index is -1.62. The molecule has 17 heteroatoms. The first kappa shape index (κ1) is 45.5. The molecule has 13 nitrogen and oxygen atoms in total. The normalized spacial score (nSPS) is 35.4. The molecular formula is C44H54BrF2N3O10S. The number of hydrogen-bond donors (Lipinski definition) is 5. The lowest BCUT2D eigenvalue weighted by molar-refractivity contribution is -0.195. The second-order valence-corrected chi connectivity index (χ2v) is 19.5. The van der Waals surface area contributed by atoms with Crippen LogP contribution in [0.25, 0.3) is 0 Å². The van der Waals surface area contributed by atoms with Crippen LogP contribution < -0.4 is 16.0 Å². The summed E-state index contributed by atoms with van der Waals surface area (Å²) in [6.07, 6.45) is 7.13. The Kier molecular flexibility index (Phi) is 13.7. The van der Waals surface area contributed by atoms with Gasteiger partial charge in [0.2, 0.25) is 22.8 Å². The number of aliphatic hydroxyl groups is 1. The number of fused-ring (bicyclic) bond motifs is 7. The Morgan fingerprint density at radius 1 is 1.08 bits per heavy atom. The molecule has 5 N–H and O–H groups in total. The van der Waals surface area contributed by atoms with Gasteiger partial charge < -0.3 is 35.6 Å². The van der Waals surface area contributed by atoms with Gasteiger partial charge in [-0.25, -0.2) is 8.78 Å². The number of carbonyl (C=O) groups is 6. The Balaban J connectivity index is 0.984. The number of carboxylic acid groups (broad SMARTS) is 1. The van der Waals surface area contributed by atoms with Crippen molar-refractivity contribution in [2.75, 3.05) is 17.9 Å². The van der Waals surface area contributed by atoms with Gasteiger partial charge in [-0.1, -0.05) is 65.3 Å². The number of rotatable bonds is 14. The predicted octanol–water partition coefficient (Wildman–Crippen LogP) is 5.13. The van der Waals surface area contributed by atoms with E-state index in [0.717, 1.165) is 24.0 Å². The molecule has 1 saturated heterocycles. The van der Waals surface area contributed by atoms with Gasteiger partial charge >= 0.3 is 5.97 Å². The molecule has 3 amide bonds. The molecule has 0 bridgehead atoms. The van der Waals surface area contributed by atoms with E-state index in [-0.39, 0.29) is 72.2 Å². The SMILES string of the molecule is C[C@]12C=CC(=O)C=C1CC[C@@H]1[C@@H]2[C@@H](O)C[C@@]2(C)[C@H]1C[C@H]1O[C@@H](c3ccc(CC4CCC(NC(=O)[C@H](CCC(=O)O)NC(=O)CNC(=O)CBr)CC4)cc3F)O[C@]12C(=O)SCF. The molecule has 0 aromatic heterocycles. The van der Waals surface area contributed by atoms with E-state index in [1.54, 1.807) is 18.2 Å². The largest absolute Gasteiger partial charge is 0.481 e. The molecule has 5 fully saturated rings. The van der Waals surface area contributed by atoms with Crippen molar-refractivity contribution in [3.63, 3.8) is 0 Å². The third-order valence-electron chi connectivity index (χ3n) is 14.6. The molecule has 0 radical (unpaired) electrons. The maximum absolute atomic E-state index is 16.1. The van der Waals surface area contributed by atoms with Crippen molar-refractivity contribution in [2.45, 2.75) is 121 Å². The third kappa shape index (κ3) is 8.75. The molecule has 1 aromatic carbocycles. The van der Waals surface area contributed by atoms with Crippen LogP contribution in [0, 0.1) is 40.3 Å². The van der Waals surface area contributed by atoms with Crippen LogP contribution in [0.3, 0.4) is 0 Å². The van der Waals surface area contributed by atoms with Crippen LogP contribution in [-0.4, -0.2) is 92.6 Å². The van der Waals surface area contributed by atoms with Crippen molar-refractivity contribution in [1.29, 1.82) is 0 Å². The van der Waals surface area contributed by atoms with Gasteiger partial charge in [0.05, 0.1) is 24.1 Å². The van der Waals surface area contributed by atoms with E-state index in [9.17, 15) is 38.3 Å². The Morgan fingerprint density at radius 2 is 1.84 bits per heavy atom. The number of hydrogen-bond acceptors (Lipinski definition) is 10. The Labute approximate surface area is 366 Å². The highest BCUT2D eigenvalue weighted by Crippen LogP contribution is 2.71. The fourth-order valence-electron chi connectivity index (χ4n) is 11.8. The van der Waals surface area contributed by atoms with Crippen LogP contribution >= 0.6 is 27.7 Å². The lowest BCUT2D eigenvalue weighted by atomic mass is 9.46. The maximum Gasteiger partial charge on any atom is 0.303 e. The topological polar surface area (TPSA) is 197 Å². The summed E-state index contributed by atoms with van der Waals surface area (Å²) in [6, 6.07) is 2.60. The van der Waals surface area contributed by atoms with Crippen molar-refractivity contribution in [3.05, 3.63) is 58.9 Å².